The molecule has 12 nitrogen and oxygen atoms in total. The van der Waals surface area contributed by atoms with Crippen molar-refractivity contribution in [2.75, 3.05) is 0 Å². The van der Waals surface area contributed by atoms with Crippen molar-refractivity contribution in [2.45, 2.75) is 58.5 Å². The quantitative estimate of drug-likeness (QED) is 0.178. The molecule has 45 heavy (non-hydrogen) atoms. The van der Waals surface area contributed by atoms with Crippen LogP contribution in [-0.2, 0) is 33.4 Å². The number of ether oxygens (including phenoxy) is 3. The first-order valence-corrected chi connectivity index (χ1v) is 14.4. The average molecular weight is 610 g/mol. The van der Waals surface area contributed by atoms with Gasteiger partial charge >= 0.3 is 17.9 Å². The van der Waals surface area contributed by atoms with E-state index < -0.39 is 60.0 Å². The summed E-state index contributed by atoms with van der Waals surface area (Å²) in [5.41, 5.74) is 2.56. The largest absolute Gasteiger partial charge is 0.458 e. The van der Waals surface area contributed by atoms with Crippen molar-refractivity contribution in [3.63, 3.8) is 0 Å². The second-order valence-electron chi connectivity index (χ2n) is 11.3. The Kier molecular flexibility index (Phi) is 6.29. The number of aromatic amines is 1. The lowest BCUT2D eigenvalue weighted by Gasteiger charge is -2.27. The topological polar surface area (TPSA) is 154 Å². The number of aromatic nitrogens is 2. The summed E-state index contributed by atoms with van der Waals surface area (Å²) in [4.78, 5) is 81.3. The van der Waals surface area contributed by atoms with Gasteiger partial charge in [-0.15, -0.1) is 0 Å². The minimum atomic E-state index is -1.12. The molecule has 0 bridgehead atoms. The van der Waals surface area contributed by atoms with Gasteiger partial charge in [0.05, 0.1) is 28.2 Å². The first-order valence-electron chi connectivity index (χ1n) is 14.4. The second kappa shape index (κ2) is 10.0. The van der Waals surface area contributed by atoms with Gasteiger partial charge in [-0.1, -0.05) is 36.4 Å². The Labute approximate surface area is 254 Å². The number of hydrogen-bond acceptors (Lipinski definition) is 9. The molecular weight excluding hydrogens is 582 g/mol. The summed E-state index contributed by atoms with van der Waals surface area (Å²) in [5, 5.41) is 2.18. The number of hydrogen-bond donors (Lipinski definition) is 1. The number of carbonyl (C=O) groups excluding carboxylic acids is 6. The molecule has 228 valence electrons. The molecule has 5 aromatic rings. The Balaban J connectivity index is 1.64. The van der Waals surface area contributed by atoms with Crippen LogP contribution in [0.5, 0.6) is 0 Å². The zero-order valence-electron chi connectivity index (χ0n) is 24.7. The molecule has 4 atom stereocenters. The van der Waals surface area contributed by atoms with Crippen LogP contribution < -0.4 is 0 Å². The van der Waals surface area contributed by atoms with Gasteiger partial charge in [-0.3, -0.25) is 28.8 Å². The molecule has 3 aromatic carbocycles. The lowest BCUT2D eigenvalue weighted by Crippen LogP contribution is -2.40. The Morgan fingerprint density at radius 1 is 0.733 bits per heavy atom. The Morgan fingerprint density at radius 2 is 1.31 bits per heavy atom. The zero-order chi connectivity index (χ0) is 31.9. The summed E-state index contributed by atoms with van der Waals surface area (Å²) in [5.74, 6) is -4.04. The standard InChI is InChI=1S/C33H27N3O9/c1-14(37)35-32(41)26-24-18-9-5-7-11-20(18)34-28(24)29-25(27(26)33(35)42)19-10-6-8-12-21(19)36(29)22-13-23(43-15(2)38)31(45-17(4)40)30(22)44-16(3)39/h5-12,22-23,30-31,34H,13H2,1-4H3/t22?,23-,30-,31+/m0/s1. The number of benzene rings is 3. The first-order chi connectivity index (χ1) is 21.5. The van der Waals surface area contributed by atoms with Gasteiger partial charge in [-0.2, -0.15) is 0 Å². The molecule has 1 aliphatic heterocycles. The van der Waals surface area contributed by atoms with Crippen LogP contribution in [0.1, 0.15) is 60.9 Å². The maximum absolute atomic E-state index is 14.0. The maximum atomic E-state index is 14.0. The van der Waals surface area contributed by atoms with E-state index in [-0.39, 0.29) is 17.5 Å². The summed E-state index contributed by atoms with van der Waals surface area (Å²) in [7, 11) is 0. The number of rotatable bonds is 4. The van der Waals surface area contributed by atoms with Crippen molar-refractivity contribution >= 4 is 79.2 Å². The number of carbonyl (C=O) groups is 6. The molecule has 3 amide bonds. The minimum Gasteiger partial charge on any atom is -0.458 e. The molecule has 1 saturated carbocycles. The van der Waals surface area contributed by atoms with Crippen molar-refractivity contribution in [3.05, 3.63) is 59.7 Å². The van der Waals surface area contributed by atoms with Crippen LogP contribution in [0.2, 0.25) is 0 Å². The lowest BCUT2D eigenvalue weighted by atomic mass is 9.96. The molecule has 1 unspecified atom stereocenters. The average Bonchev–Trinajstić information content (AvgIpc) is 3.67. The van der Waals surface area contributed by atoms with E-state index in [1.165, 1.54) is 27.7 Å². The summed E-state index contributed by atoms with van der Waals surface area (Å²) < 4.78 is 18.9. The number of fused-ring (bicyclic) bond motifs is 10. The van der Waals surface area contributed by atoms with Gasteiger partial charge in [-0.25, -0.2) is 4.90 Å². The molecule has 1 N–H and O–H groups in total. The fraction of sp³-hybridized carbons (Fsp3) is 0.273. The normalized spacial score (nSPS) is 21.2. The van der Waals surface area contributed by atoms with E-state index in [2.05, 4.69) is 4.98 Å². The minimum absolute atomic E-state index is 0.0903. The van der Waals surface area contributed by atoms with Crippen molar-refractivity contribution in [1.29, 1.82) is 0 Å². The van der Waals surface area contributed by atoms with Crippen molar-refractivity contribution < 1.29 is 43.0 Å². The lowest BCUT2D eigenvalue weighted by molar-refractivity contribution is -0.175. The van der Waals surface area contributed by atoms with Crippen LogP contribution in [0.4, 0.5) is 0 Å². The van der Waals surface area contributed by atoms with Gasteiger partial charge < -0.3 is 23.8 Å². The van der Waals surface area contributed by atoms with Gasteiger partial charge in [0.15, 0.2) is 12.2 Å². The van der Waals surface area contributed by atoms with Crippen LogP contribution >= 0.6 is 0 Å². The van der Waals surface area contributed by atoms with Gasteiger partial charge in [0, 0.05) is 66.7 Å². The number of H-pyrrole nitrogens is 1. The maximum Gasteiger partial charge on any atom is 0.303 e. The Bertz CT molecular complexity index is 2170. The van der Waals surface area contributed by atoms with Crippen LogP contribution in [0.15, 0.2) is 48.5 Å². The number of esters is 3. The van der Waals surface area contributed by atoms with Gasteiger partial charge in [0.1, 0.15) is 6.10 Å². The fourth-order valence-corrected chi connectivity index (χ4v) is 7.15. The highest BCUT2D eigenvalue weighted by Crippen LogP contribution is 2.49. The SMILES string of the molecule is CC(=O)O[C@@H]1[C@@H](OC(C)=O)CC(n2c3ccccc3c3c4c(c5c6ccccc6[nH]c5c32)C(=O)N(C(C)=O)C4=O)[C@@H]1OC(C)=O. The number of imide groups is 3. The Hall–Kier alpha value is -5.52. The summed E-state index contributed by atoms with van der Waals surface area (Å²) in [6.07, 6.45) is -3.08. The number of nitrogens with zero attached hydrogens (tertiary/aromatic N) is 2. The predicted octanol–water partition coefficient (Wildman–Crippen LogP) is 4.31. The summed E-state index contributed by atoms with van der Waals surface area (Å²) >= 11 is 0. The van der Waals surface area contributed by atoms with E-state index in [9.17, 15) is 28.8 Å². The molecule has 1 aliphatic carbocycles. The van der Waals surface area contributed by atoms with Gasteiger partial charge in [0.2, 0.25) is 5.91 Å². The highest BCUT2D eigenvalue weighted by molar-refractivity contribution is 6.42. The molecule has 2 aliphatic rings. The molecule has 1 fully saturated rings. The zero-order valence-corrected chi connectivity index (χ0v) is 24.7. The molecular formula is C33H27N3O9. The van der Waals surface area contributed by atoms with Gasteiger partial charge in [0.25, 0.3) is 11.8 Å². The highest BCUT2D eigenvalue weighted by Gasteiger charge is 2.52. The fourth-order valence-electron chi connectivity index (χ4n) is 7.15. The van der Waals surface area contributed by atoms with E-state index in [1.807, 2.05) is 34.9 Å². The smallest absolute Gasteiger partial charge is 0.303 e. The molecule has 0 saturated heterocycles. The van der Waals surface area contributed by atoms with E-state index in [4.69, 9.17) is 14.2 Å². The molecule has 0 radical (unpaired) electrons. The molecule has 2 aromatic heterocycles. The Morgan fingerprint density at radius 3 is 1.96 bits per heavy atom. The highest BCUT2D eigenvalue weighted by atomic mass is 16.6. The van der Waals surface area contributed by atoms with Crippen molar-refractivity contribution in [3.8, 4) is 0 Å². The van der Waals surface area contributed by atoms with E-state index >= 15 is 0 Å². The molecule has 12 heteroatoms. The van der Waals surface area contributed by atoms with E-state index in [0.29, 0.717) is 48.5 Å². The third kappa shape index (κ3) is 4.05. The van der Waals surface area contributed by atoms with Crippen LogP contribution in [0.25, 0.3) is 43.6 Å². The van der Waals surface area contributed by atoms with E-state index in [1.54, 1.807) is 18.2 Å². The van der Waals surface area contributed by atoms with Crippen LogP contribution in [0.3, 0.4) is 0 Å². The summed E-state index contributed by atoms with van der Waals surface area (Å²) in [6, 6.07) is 13.8. The predicted molar refractivity (Wildman–Crippen MR) is 160 cm³/mol. The van der Waals surface area contributed by atoms with Crippen LogP contribution in [-0.4, -0.2) is 68.4 Å². The van der Waals surface area contributed by atoms with Crippen LogP contribution in [0, 0.1) is 0 Å². The number of amides is 3. The van der Waals surface area contributed by atoms with Crippen molar-refractivity contribution in [2.24, 2.45) is 0 Å². The molecule has 0 spiro atoms. The third-order valence-electron chi connectivity index (χ3n) is 8.55. The molecule has 7 rings (SSSR count). The molecule has 3 heterocycles. The van der Waals surface area contributed by atoms with E-state index in [0.717, 1.165) is 0 Å². The van der Waals surface area contributed by atoms with Crippen molar-refractivity contribution in [1.82, 2.24) is 14.5 Å². The number of para-hydroxylation sites is 2. The monoisotopic (exact) mass is 609 g/mol. The number of nitrogens with one attached hydrogen (secondary N) is 1. The summed E-state index contributed by atoms with van der Waals surface area (Å²) in [6.45, 7) is 4.85. The first kappa shape index (κ1) is 28.3. The second-order valence-corrected chi connectivity index (χ2v) is 11.3. The third-order valence-corrected chi connectivity index (χ3v) is 8.55. The van der Waals surface area contributed by atoms with Gasteiger partial charge in [-0.05, 0) is 12.1 Å².